The summed E-state index contributed by atoms with van der Waals surface area (Å²) in [6, 6.07) is 4.09. The van der Waals surface area contributed by atoms with Crippen LogP contribution in [0.3, 0.4) is 0 Å². The molecule has 2 nitrogen and oxygen atoms in total. The number of hydrogen-bond acceptors (Lipinski definition) is 1. The van der Waals surface area contributed by atoms with E-state index in [-0.39, 0.29) is 16.5 Å². The van der Waals surface area contributed by atoms with E-state index in [0.717, 1.165) is 6.07 Å². The third-order valence-electron chi connectivity index (χ3n) is 2.76. The van der Waals surface area contributed by atoms with E-state index in [2.05, 4.69) is 15.9 Å². The highest BCUT2D eigenvalue weighted by atomic mass is 79.9. The summed E-state index contributed by atoms with van der Waals surface area (Å²) in [7, 11) is 0. The Morgan fingerprint density at radius 2 is 2.06 bits per heavy atom. The van der Waals surface area contributed by atoms with Crippen LogP contribution in [0.5, 0.6) is 0 Å². The SMILES string of the molecule is O=C(O)C1(c2ccc(Br)c(F)c2)CC1(Cl)Cl. The van der Waals surface area contributed by atoms with Crippen molar-refractivity contribution in [2.45, 2.75) is 16.2 Å². The lowest BCUT2D eigenvalue weighted by Crippen LogP contribution is -2.26. The van der Waals surface area contributed by atoms with Crippen LogP contribution >= 0.6 is 39.1 Å². The van der Waals surface area contributed by atoms with E-state index in [9.17, 15) is 9.18 Å². The van der Waals surface area contributed by atoms with Crippen molar-refractivity contribution in [2.24, 2.45) is 0 Å². The molecule has 1 aliphatic rings. The fraction of sp³-hybridized carbons (Fsp3) is 0.300. The van der Waals surface area contributed by atoms with Crippen LogP contribution in [-0.2, 0) is 10.2 Å². The Balaban J connectivity index is 2.51. The molecular formula is C10H6BrCl2FO2. The van der Waals surface area contributed by atoms with Crippen LogP contribution in [0.1, 0.15) is 12.0 Å². The van der Waals surface area contributed by atoms with Gasteiger partial charge in [-0.2, -0.15) is 0 Å². The summed E-state index contributed by atoms with van der Waals surface area (Å²) in [5.74, 6) is -1.67. The summed E-state index contributed by atoms with van der Waals surface area (Å²) in [6.45, 7) is 0. The smallest absolute Gasteiger partial charge is 0.317 e. The number of carboxylic acid groups (broad SMARTS) is 1. The molecular weight excluding hydrogens is 322 g/mol. The lowest BCUT2D eigenvalue weighted by atomic mass is 9.96. The van der Waals surface area contributed by atoms with Crippen molar-refractivity contribution in [3.05, 3.63) is 34.1 Å². The van der Waals surface area contributed by atoms with Gasteiger partial charge in [-0.3, -0.25) is 4.79 Å². The molecule has 1 aromatic rings. The van der Waals surface area contributed by atoms with Crippen LogP contribution in [-0.4, -0.2) is 15.4 Å². The Hall–Kier alpha value is -0.320. The van der Waals surface area contributed by atoms with Gasteiger partial charge in [0.1, 0.15) is 15.6 Å². The zero-order valence-corrected chi connectivity index (χ0v) is 10.9. The van der Waals surface area contributed by atoms with Gasteiger partial charge >= 0.3 is 5.97 Å². The first kappa shape index (κ1) is 12.1. The molecule has 0 radical (unpaired) electrons. The third-order valence-corrected chi connectivity index (χ3v) is 4.32. The van der Waals surface area contributed by atoms with Gasteiger partial charge in [0.05, 0.1) is 4.47 Å². The third kappa shape index (κ3) is 1.55. The van der Waals surface area contributed by atoms with Gasteiger partial charge in [0.15, 0.2) is 0 Å². The second kappa shape index (κ2) is 3.59. The first-order chi connectivity index (χ1) is 7.31. The van der Waals surface area contributed by atoms with E-state index in [1.165, 1.54) is 12.1 Å². The minimum absolute atomic E-state index is 0.0829. The Bertz CT molecular complexity index is 478. The second-order valence-corrected chi connectivity index (χ2v) is 6.06. The molecule has 86 valence electrons. The van der Waals surface area contributed by atoms with Crippen molar-refractivity contribution >= 4 is 45.1 Å². The maximum atomic E-state index is 13.3. The van der Waals surface area contributed by atoms with Crippen LogP contribution < -0.4 is 0 Å². The number of rotatable bonds is 2. The van der Waals surface area contributed by atoms with E-state index >= 15 is 0 Å². The fourth-order valence-electron chi connectivity index (χ4n) is 1.72. The number of carboxylic acids is 1. The highest BCUT2D eigenvalue weighted by Crippen LogP contribution is 2.65. The fourth-order valence-corrected chi connectivity index (χ4v) is 2.75. The quantitative estimate of drug-likeness (QED) is 0.844. The molecule has 0 amide bonds. The van der Waals surface area contributed by atoms with Crippen molar-refractivity contribution in [2.75, 3.05) is 0 Å². The number of halogens is 4. The van der Waals surface area contributed by atoms with Crippen LogP contribution in [0.15, 0.2) is 22.7 Å². The molecule has 2 rings (SSSR count). The lowest BCUT2D eigenvalue weighted by molar-refractivity contribution is -0.140. The standard InChI is InChI=1S/C10H6BrCl2FO2/c11-6-2-1-5(3-7(6)14)9(8(15)16)4-10(9,12)13/h1-3H,4H2,(H,15,16). The van der Waals surface area contributed by atoms with Crippen molar-refractivity contribution in [1.29, 1.82) is 0 Å². The van der Waals surface area contributed by atoms with Crippen LogP contribution in [0, 0.1) is 5.82 Å². The van der Waals surface area contributed by atoms with Crippen LogP contribution in [0.25, 0.3) is 0 Å². The number of hydrogen-bond donors (Lipinski definition) is 1. The van der Waals surface area contributed by atoms with E-state index in [1.54, 1.807) is 0 Å². The lowest BCUT2D eigenvalue weighted by Gasteiger charge is -2.13. The van der Waals surface area contributed by atoms with E-state index < -0.39 is 21.5 Å². The van der Waals surface area contributed by atoms with Crippen LogP contribution in [0.2, 0.25) is 0 Å². The molecule has 1 atom stereocenters. The van der Waals surface area contributed by atoms with Gasteiger partial charge in [0.2, 0.25) is 0 Å². The maximum absolute atomic E-state index is 13.3. The van der Waals surface area contributed by atoms with Gasteiger partial charge < -0.3 is 5.11 Å². The molecule has 16 heavy (non-hydrogen) atoms. The summed E-state index contributed by atoms with van der Waals surface area (Å²) in [5, 5.41) is 9.15. The largest absolute Gasteiger partial charge is 0.480 e. The topological polar surface area (TPSA) is 37.3 Å². The predicted molar refractivity (Wildman–Crippen MR) is 62.5 cm³/mol. The number of alkyl halides is 2. The molecule has 1 aromatic carbocycles. The molecule has 1 N–H and O–H groups in total. The minimum atomic E-state index is -1.39. The average Bonchev–Trinajstić information content (AvgIpc) is 2.75. The van der Waals surface area contributed by atoms with Gasteiger partial charge in [0, 0.05) is 6.42 Å². The van der Waals surface area contributed by atoms with Crippen molar-refractivity contribution in [1.82, 2.24) is 0 Å². The van der Waals surface area contributed by atoms with Gasteiger partial charge in [-0.15, -0.1) is 0 Å². The summed E-state index contributed by atoms with van der Waals surface area (Å²) in [4.78, 5) is 11.2. The average molecular weight is 328 g/mol. The van der Waals surface area contributed by atoms with E-state index in [1.807, 2.05) is 0 Å². The normalized spacial score (nSPS) is 26.5. The number of aliphatic carboxylic acids is 1. The minimum Gasteiger partial charge on any atom is -0.480 e. The second-order valence-electron chi connectivity index (χ2n) is 3.72. The first-order valence-corrected chi connectivity index (χ1v) is 5.93. The first-order valence-electron chi connectivity index (χ1n) is 4.38. The van der Waals surface area contributed by atoms with E-state index in [0.29, 0.717) is 0 Å². The van der Waals surface area contributed by atoms with Crippen molar-refractivity contribution in [3.63, 3.8) is 0 Å². The molecule has 1 fully saturated rings. The Morgan fingerprint density at radius 3 is 2.44 bits per heavy atom. The molecule has 6 heteroatoms. The molecule has 0 bridgehead atoms. The predicted octanol–water partition coefficient (Wildman–Crippen LogP) is 3.49. The van der Waals surface area contributed by atoms with Gasteiger partial charge in [-0.1, -0.05) is 29.3 Å². The molecule has 0 heterocycles. The highest BCUT2D eigenvalue weighted by molar-refractivity contribution is 9.10. The zero-order valence-electron chi connectivity index (χ0n) is 7.81. The van der Waals surface area contributed by atoms with Crippen molar-refractivity contribution in [3.8, 4) is 0 Å². The van der Waals surface area contributed by atoms with Crippen molar-refractivity contribution < 1.29 is 14.3 Å². The van der Waals surface area contributed by atoms with Gasteiger partial charge in [0.25, 0.3) is 0 Å². The Kier molecular flexibility index (Phi) is 2.72. The number of benzene rings is 1. The molecule has 1 saturated carbocycles. The Labute approximate surface area is 109 Å². The van der Waals surface area contributed by atoms with Crippen LogP contribution in [0.4, 0.5) is 4.39 Å². The summed E-state index contributed by atoms with van der Waals surface area (Å²) < 4.78 is 12.2. The molecule has 1 aliphatic carbocycles. The van der Waals surface area contributed by atoms with E-state index in [4.69, 9.17) is 28.3 Å². The summed E-state index contributed by atoms with van der Waals surface area (Å²) >= 11 is 14.7. The molecule has 1 unspecified atom stereocenters. The summed E-state index contributed by atoms with van der Waals surface area (Å²) in [5.41, 5.74) is -1.11. The maximum Gasteiger partial charge on any atom is 0.317 e. The molecule has 0 aromatic heterocycles. The highest BCUT2D eigenvalue weighted by Gasteiger charge is 2.72. The zero-order chi connectivity index (χ0) is 12.1. The summed E-state index contributed by atoms with van der Waals surface area (Å²) in [6.07, 6.45) is 0.0829. The van der Waals surface area contributed by atoms with Gasteiger partial charge in [-0.05, 0) is 33.6 Å². The molecule has 0 aliphatic heterocycles. The molecule has 0 saturated heterocycles. The monoisotopic (exact) mass is 326 g/mol. The number of carbonyl (C=O) groups is 1. The Morgan fingerprint density at radius 1 is 1.50 bits per heavy atom. The molecule has 0 spiro atoms. The van der Waals surface area contributed by atoms with Gasteiger partial charge in [-0.25, -0.2) is 4.39 Å².